The zero-order valence-electron chi connectivity index (χ0n) is 25.1. The summed E-state index contributed by atoms with van der Waals surface area (Å²) >= 11 is 0. The topological polar surface area (TPSA) is 143 Å². The number of hydrogen-bond donors (Lipinski definition) is 4. The molecule has 238 valence electrons. The van der Waals surface area contributed by atoms with Crippen molar-refractivity contribution in [2.45, 2.75) is 38.7 Å². The molecule has 0 aliphatic carbocycles. The van der Waals surface area contributed by atoms with E-state index >= 15 is 0 Å². The van der Waals surface area contributed by atoms with Crippen LogP contribution in [0.5, 0.6) is 17.2 Å². The van der Waals surface area contributed by atoms with E-state index in [4.69, 9.17) is 19.1 Å². The number of rotatable bonds is 17. The van der Waals surface area contributed by atoms with E-state index in [2.05, 4.69) is 10.0 Å². The van der Waals surface area contributed by atoms with Crippen molar-refractivity contribution in [2.24, 2.45) is 0 Å². The van der Waals surface area contributed by atoms with Gasteiger partial charge in [-0.1, -0.05) is 54.6 Å². The second-order valence-corrected chi connectivity index (χ2v) is 13.5. The number of anilines is 1. The molecule has 0 fully saturated rings. The first-order valence-electron chi connectivity index (χ1n) is 14.3. The van der Waals surface area contributed by atoms with Crippen LogP contribution >= 0.6 is 8.03 Å². The van der Waals surface area contributed by atoms with Crippen molar-refractivity contribution in [3.8, 4) is 17.2 Å². The van der Waals surface area contributed by atoms with Crippen molar-refractivity contribution in [3.05, 3.63) is 114 Å². The first-order chi connectivity index (χ1) is 21.5. The number of benzene rings is 4. The highest BCUT2D eigenvalue weighted by Crippen LogP contribution is 2.31. The molecule has 4 aromatic rings. The molecule has 45 heavy (non-hydrogen) atoms. The molecule has 0 radical (unpaired) electrons. The summed E-state index contributed by atoms with van der Waals surface area (Å²) in [6, 6.07) is 29.0. The van der Waals surface area contributed by atoms with Crippen molar-refractivity contribution in [1.29, 1.82) is 0 Å². The third-order valence-electron chi connectivity index (χ3n) is 6.66. The highest BCUT2D eigenvalue weighted by molar-refractivity contribution is 7.92. The summed E-state index contributed by atoms with van der Waals surface area (Å²) in [5, 5.41) is 14.2. The minimum absolute atomic E-state index is 0.00932. The van der Waals surface area contributed by atoms with Gasteiger partial charge < -0.3 is 24.6 Å². The van der Waals surface area contributed by atoms with Crippen molar-refractivity contribution < 1.29 is 37.2 Å². The largest absolute Gasteiger partial charge is 0.546 e. The Hall–Kier alpha value is -3.99. The van der Waals surface area contributed by atoms with Crippen molar-refractivity contribution in [3.63, 3.8) is 0 Å². The number of aliphatic hydroxyl groups is 1. The number of aliphatic hydroxyl groups excluding tert-OH is 1. The van der Waals surface area contributed by atoms with Crippen LogP contribution in [0.3, 0.4) is 0 Å². The van der Waals surface area contributed by atoms with E-state index in [1.165, 1.54) is 6.07 Å². The fourth-order valence-electron chi connectivity index (χ4n) is 4.36. The molecule has 3 unspecified atom stereocenters. The predicted molar refractivity (Wildman–Crippen MR) is 175 cm³/mol. The van der Waals surface area contributed by atoms with Gasteiger partial charge in [-0.3, -0.25) is 4.72 Å². The minimum atomic E-state index is -3.56. The Labute approximate surface area is 264 Å². The van der Waals surface area contributed by atoms with Crippen LogP contribution < -0.4 is 29.6 Å². The lowest BCUT2D eigenvalue weighted by atomic mass is 10.1. The fourth-order valence-corrected chi connectivity index (χ4v) is 5.33. The van der Waals surface area contributed by atoms with E-state index in [9.17, 15) is 18.1 Å². The standard InChI is InChI=1S/C33H37N2O8PS/c1-24(18-25-8-12-29(13-9-25)41-21-27-10-15-31(16-11-27)44(37)38)34-20-28(36)23-42-30-14-17-33(32(19-30)35-45(2,39)40)43-22-26-6-4-3-5-7-26/h3-17,19,24,28,34-36H,18,20-23H2,1-2H3/p+1. The summed E-state index contributed by atoms with van der Waals surface area (Å²) in [5.74, 6) is 1.47. The molecule has 4 rings (SSSR count). The second kappa shape index (κ2) is 16.4. The van der Waals surface area contributed by atoms with Crippen LogP contribution in [-0.4, -0.2) is 50.0 Å². The van der Waals surface area contributed by atoms with Gasteiger partial charge in [-0.05, 0) is 71.0 Å². The number of hydrogen-bond acceptors (Lipinski definition) is 8. The van der Waals surface area contributed by atoms with Crippen LogP contribution in [0.4, 0.5) is 5.69 Å². The van der Waals surface area contributed by atoms with E-state index in [1.807, 2.05) is 61.5 Å². The summed E-state index contributed by atoms with van der Waals surface area (Å²) in [6.07, 6.45) is 1.00. The predicted octanol–water partition coefficient (Wildman–Crippen LogP) is 4.54. The molecule has 4 aromatic carbocycles. The lowest BCUT2D eigenvalue weighted by molar-refractivity contribution is 0.104. The Morgan fingerprint density at radius 3 is 2.09 bits per heavy atom. The molecule has 12 heteroatoms. The summed E-state index contributed by atoms with van der Waals surface area (Å²) in [4.78, 5) is 9.16. The maximum absolute atomic E-state index is 11.9. The highest BCUT2D eigenvalue weighted by atomic mass is 32.2. The van der Waals surface area contributed by atoms with Gasteiger partial charge in [0.15, 0.2) is 0 Å². The zero-order chi connectivity index (χ0) is 32.2. The Balaban J connectivity index is 1.21. The van der Waals surface area contributed by atoms with E-state index in [-0.39, 0.29) is 24.9 Å². The van der Waals surface area contributed by atoms with Crippen LogP contribution in [0.1, 0.15) is 23.6 Å². The van der Waals surface area contributed by atoms with Crippen LogP contribution in [0.25, 0.3) is 0 Å². The van der Waals surface area contributed by atoms with Crippen molar-refractivity contribution in [2.75, 3.05) is 24.1 Å². The van der Waals surface area contributed by atoms with Gasteiger partial charge in [0.25, 0.3) is 0 Å². The molecule has 0 saturated heterocycles. The first kappa shape index (κ1) is 33.9. The Morgan fingerprint density at radius 2 is 1.42 bits per heavy atom. The van der Waals surface area contributed by atoms with E-state index < -0.39 is 24.2 Å². The third kappa shape index (κ3) is 11.8. The van der Waals surface area contributed by atoms with E-state index in [0.29, 0.717) is 30.0 Å². The van der Waals surface area contributed by atoms with Gasteiger partial charge in [0.2, 0.25) is 15.3 Å². The Kier molecular flexibility index (Phi) is 12.3. The van der Waals surface area contributed by atoms with Gasteiger partial charge in [-0.25, -0.2) is 8.42 Å². The lowest BCUT2D eigenvalue weighted by Gasteiger charge is -2.19. The molecule has 0 aliphatic rings. The normalized spacial score (nSPS) is 13.0. The zero-order valence-corrected chi connectivity index (χ0v) is 26.8. The lowest BCUT2D eigenvalue weighted by Crippen LogP contribution is -2.37. The molecular weight excluding hydrogens is 615 g/mol. The maximum Gasteiger partial charge on any atom is 0.546 e. The smallest absolute Gasteiger partial charge is 0.491 e. The molecule has 10 nitrogen and oxygen atoms in total. The minimum Gasteiger partial charge on any atom is -0.491 e. The monoisotopic (exact) mass is 653 g/mol. The van der Waals surface area contributed by atoms with E-state index in [1.54, 1.807) is 36.4 Å². The third-order valence-corrected chi connectivity index (χ3v) is 7.99. The number of nitrogens with one attached hydrogen (secondary N) is 2. The van der Waals surface area contributed by atoms with Gasteiger partial charge >= 0.3 is 8.03 Å². The molecule has 0 spiro atoms. The Morgan fingerprint density at radius 1 is 0.800 bits per heavy atom. The molecule has 0 amide bonds. The first-order valence-corrected chi connectivity index (χ1v) is 17.4. The van der Waals surface area contributed by atoms with Gasteiger partial charge in [-0.15, -0.1) is 0 Å². The Bertz CT molecular complexity index is 1640. The molecule has 0 aliphatic heterocycles. The van der Waals surface area contributed by atoms with Crippen LogP contribution in [-0.2, 0) is 34.2 Å². The van der Waals surface area contributed by atoms with Crippen LogP contribution in [0.2, 0.25) is 0 Å². The fraction of sp³-hybridized carbons (Fsp3) is 0.273. The summed E-state index contributed by atoms with van der Waals surface area (Å²) in [7, 11) is -5.91. The molecule has 0 bridgehead atoms. The molecule has 0 heterocycles. The molecule has 0 aromatic heterocycles. The SMILES string of the molecule is CC(Cc1ccc(OCc2ccc([P+](=O)O)cc2)cc1)NCC(O)COc1ccc(OCc2ccccc2)c(NS(C)(=O)=O)c1. The van der Waals surface area contributed by atoms with Crippen LogP contribution in [0, 0.1) is 0 Å². The van der Waals surface area contributed by atoms with Crippen LogP contribution in [0.15, 0.2) is 97.1 Å². The van der Waals surface area contributed by atoms with Crippen molar-refractivity contribution >= 4 is 29.0 Å². The van der Waals surface area contributed by atoms with Gasteiger partial charge in [-0.2, -0.15) is 4.89 Å². The average molecular weight is 654 g/mol. The average Bonchev–Trinajstić information content (AvgIpc) is 3.02. The summed E-state index contributed by atoms with van der Waals surface area (Å²) in [6.45, 7) is 2.96. The quantitative estimate of drug-likeness (QED) is 0.121. The molecule has 4 N–H and O–H groups in total. The van der Waals surface area contributed by atoms with Gasteiger partial charge in [0.1, 0.15) is 43.2 Å². The number of ether oxygens (including phenoxy) is 3. The summed E-state index contributed by atoms with van der Waals surface area (Å²) < 4.78 is 54.9. The molecule has 3 atom stereocenters. The van der Waals surface area contributed by atoms with E-state index in [0.717, 1.165) is 35.1 Å². The van der Waals surface area contributed by atoms with Gasteiger partial charge in [0, 0.05) is 18.7 Å². The van der Waals surface area contributed by atoms with Crippen molar-refractivity contribution in [1.82, 2.24) is 5.32 Å². The molecular formula is C33H38N2O8PS+. The van der Waals surface area contributed by atoms with Gasteiger partial charge in [0.05, 0.1) is 11.9 Å². The highest BCUT2D eigenvalue weighted by Gasteiger charge is 2.15. The number of sulfonamides is 1. The molecule has 0 saturated carbocycles. The second-order valence-electron chi connectivity index (χ2n) is 10.7. The summed E-state index contributed by atoms with van der Waals surface area (Å²) in [5.41, 5.74) is 3.19. The maximum atomic E-state index is 11.9.